The second-order valence-corrected chi connectivity index (χ2v) is 3.37. The minimum absolute atomic E-state index is 0.291. The fourth-order valence-corrected chi connectivity index (χ4v) is 1.42. The van der Waals surface area contributed by atoms with E-state index in [4.69, 9.17) is 0 Å². The fourth-order valence-electron chi connectivity index (χ4n) is 1.42. The van der Waals surface area contributed by atoms with Gasteiger partial charge in [0.05, 0.1) is 7.11 Å². The lowest BCUT2D eigenvalue weighted by Gasteiger charge is -2.09. The molecule has 2 rings (SSSR count). The molecule has 0 amide bonds. The molecule has 18 heavy (non-hydrogen) atoms. The van der Waals surface area contributed by atoms with Crippen LogP contribution in [-0.4, -0.2) is 16.5 Å². The number of hydrogen-bond acceptors (Lipinski definition) is 3. The molecule has 0 saturated heterocycles. The summed E-state index contributed by atoms with van der Waals surface area (Å²) in [5, 5.41) is 0. The molecule has 2 aromatic heterocycles. The summed E-state index contributed by atoms with van der Waals surface area (Å²) in [7, 11) is 1.15. The van der Waals surface area contributed by atoms with Gasteiger partial charge in [0.2, 0.25) is 5.82 Å². The number of ether oxygens (including phenoxy) is 1. The quantitative estimate of drug-likeness (QED) is 0.737. The van der Waals surface area contributed by atoms with E-state index in [1.807, 2.05) is 0 Å². The number of halogens is 4. The van der Waals surface area contributed by atoms with Crippen molar-refractivity contribution in [1.82, 2.24) is 9.38 Å². The van der Waals surface area contributed by atoms with Crippen LogP contribution in [0.3, 0.4) is 0 Å². The number of alkyl halides is 3. The molecule has 0 spiro atoms. The van der Waals surface area contributed by atoms with Crippen LogP contribution in [0, 0.1) is 5.82 Å². The number of rotatable bonds is 1. The Hall–Kier alpha value is -2.12. The van der Waals surface area contributed by atoms with Gasteiger partial charge in [-0.3, -0.25) is 9.20 Å². The normalized spacial score (nSPS) is 11.8. The molecule has 0 aromatic carbocycles. The van der Waals surface area contributed by atoms with E-state index in [-0.39, 0.29) is 5.75 Å². The van der Waals surface area contributed by atoms with Gasteiger partial charge >= 0.3 is 6.18 Å². The van der Waals surface area contributed by atoms with Crippen molar-refractivity contribution in [3.63, 3.8) is 0 Å². The zero-order valence-electron chi connectivity index (χ0n) is 8.95. The summed E-state index contributed by atoms with van der Waals surface area (Å²) in [4.78, 5) is 14.5. The van der Waals surface area contributed by atoms with Gasteiger partial charge in [-0.1, -0.05) is 0 Å². The Labute approximate surface area is 97.4 Å². The van der Waals surface area contributed by atoms with E-state index in [9.17, 15) is 22.4 Å². The summed E-state index contributed by atoms with van der Waals surface area (Å²) < 4.78 is 56.3. The molecule has 2 aromatic rings. The van der Waals surface area contributed by atoms with Crippen LogP contribution in [0.15, 0.2) is 23.1 Å². The van der Waals surface area contributed by atoms with E-state index in [0.717, 1.165) is 19.4 Å². The van der Waals surface area contributed by atoms with Crippen molar-refractivity contribution in [3.8, 4) is 5.75 Å². The maximum atomic E-state index is 13.7. The van der Waals surface area contributed by atoms with Gasteiger partial charge in [-0.05, 0) is 0 Å². The van der Waals surface area contributed by atoms with Crippen LogP contribution in [0.4, 0.5) is 17.6 Å². The van der Waals surface area contributed by atoms with E-state index in [1.165, 1.54) is 0 Å². The molecule has 0 fully saturated rings. The van der Waals surface area contributed by atoms with Crippen molar-refractivity contribution in [2.24, 2.45) is 0 Å². The van der Waals surface area contributed by atoms with Gasteiger partial charge in [0.15, 0.2) is 17.1 Å². The second-order valence-electron chi connectivity index (χ2n) is 3.37. The molecule has 0 radical (unpaired) electrons. The van der Waals surface area contributed by atoms with Crippen molar-refractivity contribution < 1.29 is 22.3 Å². The Morgan fingerprint density at radius 2 is 2.06 bits per heavy atom. The summed E-state index contributed by atoms with van der Waals surface area (Å²) in [5.74, 6) is -1.41. The first kappa shape index (κ1) is 12.3. The fraction of sp³-hybridized carbons (Fsp3) is 0.200. The summed E-state index contributed by atoms with van der Waals surface area (Å²) in [6.07, 6.45) is -3.73. The SMILES string of the molecule is COc1ccn2c(=O)cc(C(F)(F)F)nc2c1F. The Morgan fingerprint density at radius 3 is 2.61 bits per heavy atom. The van der Waals surface area contributed by atoms with Crippen LogP contribution >= 0.6 is 0 Å². The molecule has 0 atom stereocenters. The molecular formula is C10H6F4N2O2. The first-order valence-electron chi connectivity index (χ1n) is 4.67. The predicted molar refractivity (Wildman–Crippen MR) is 53.0 cm³/mol. The third-order valence-electron chi connectivity index (χ3n) is 2.25. The topological polar surface area (TPSA) is 43.6 Å². The third kappa shape index (κ3) is 1.89. The zero-order chi connectivity index (χ0) is 13.5. The van der Waals surface area contributed by atoms with Crippen LogP contribution < -0.4 is 10.3 Å². The monoisotopic (exact) mass is 262 g/mol. The average Bonchev–Trinajstić information content (AvgIpc) is 2.29. The number of pyridine rings is 1. The van der Waals surface area contributed by atoms with Gasteiger partial charge < -0.3 is 4.74 Å². The number of fused-ring (bicyclic) bond motifs is 1. The van der Waals surface area contributed by atoms with Gasteiger partial charge in [0, 0.05) is 18.3 Å². The maximum absolute atomic E-state index is 13.7. The maximum Gasteiger partial charge on any atom is 0.433 e. The molecule has 96 valence electrons. The standard InChI is InChI=1S/C10H6F4N2O2/c1-18-5-2-3-16-7(17)4-6(10(12,13)14)15-9(16)8(5)11/h2-4H,1H3. The highest BCUT2D eigenvalue weighted by atomic mass is 19.4. The van der Waals surface area contributed by atoms with E-state index >= 15 is 0 Å². The van der Waals surface area contributed by atoms with Crippen molar-refractivity contribution >= 4 is 5.65 Å². The lowest BCUT2D eigenvalue weighted by Crippen LogP contribution is -2.20. The average molecular weight is 262 g/mol. The molecule has 0 saturated carbocycles. The molecular weight excluding hydrogens is 256 g/mol. The lowest BCUT2D eigenvalue weighted by molar-refractivity contribution is -0.141. The summed E-state index contributed by atoms with van der Waals surface area (Å²) in [5.41, 5.74) is -3.19. The first-order chi connectivity index (χ1) is 8.34. The number of hydrogen-bond donors (Lipinski definition) is 0. The second kappa shape index (κ2) is 3.97. The van der Waals surface area contributed by atoms with Crippen LogP contribution in [0.2, 0.25) is 0 Å². The molecule has 0 N–H and O–H groups in total. The molecule has 0 aliphatic heterocycles. The molecule has 0 unspecified atom stereocenters. The van der Waals surface area contributed by atoms with Crippen LogP contribution in [-0.2, 0) is 6.18 Å². The minimum Gasteiger partial charge on any atom is -0.493 e. The highest BCUT2D eigenvalue weighted by Gasteiger charge is 2.34. The van der Waals surface area contributed by atoms with E-state index in [0.29, 0.717) is 10.5 Å². The van der Waals surface area contributed by atoms with Crippen molar-refractivity contribution in [2.75, 3.05) is 7.11 Å². The van der Waals surface area contributed by atoms with Gasteiger partial charge in [0.1, 0.15) is 0 Å². The molecule has 0 bridgehead atoms. The predicted octanol–water partition coefficient (Wildman–Crippen LogP) is 1.86. The van der Waals surface area contributed by atoms with Crippen LogP contribution in [0.1, 0.15) is 5.69 Å². The van der Waals surface area contributed by atoms with Crippen molar-refractivity contribution in [3.05, 3.63) is 40.2 Å². The van der Waals surface area contributed by atoms with Crippen LogP contribution in [0.25, 0.3) is 5.65 Å². The zero-order valence-corrected chi connectivity index (χ0v) is 8.95. The molecule has 0 aliphatic carbocycles. The Morgan fingerprint density at radius 1 is 1.39 bits per heavy atom. The Kier molecular flexibility index (Phi) is 2.72. The number of methoxy groups -OCH3 is 1. The van der Waals surface area contributed by atoms with Gasteiger partial charge in [-0.2, -0.15) is 17.6 Å². The molecule has 8 heteroatoms. The lowest BCUT2D eigenvalue weighted by atomic mass is 10.3. The Balaban J connectivity index is 2.85. The highest BCUT2D eigenvalue weighted by molar-refractivity contribution is 5.47. The summed E-state index contributed by atoms with van der Waals surface area (Å²) >= 11 is 0. The van der Waals surface area contributed by atoms with Crippen molar-refractivity contribution in [2.45, 2.75) is 6.18 Å². The molecule has 0 aliphatic rings. The van der Waals surface area contributed by atoms with E-state index in [2.05, 4.69) is 9.72 Å². The first-order valence-corrected chi connectivity index (χ1v) is 4.67. The minimum atomic E-state index is -4.82. The van der Waals surface area contributed by atoms with Crippen molar-refractivity contribution in [1.29, 1.82) is 0 Å². The van der Waals surface area contributed by atoms with Gasteiger partial charge in [0.25, 0.3) is 5.56 Å². The molecule has 2 heterocycles. The molecule has 4 nitrogen and oxygen atoms in total. The van der Waals surface area contributed by atoms with Gasteiger partial charge in [-0.25, -0.2) is 4.98 Å². The number of aromatic nitrogens is 2. The van der Waals surface area contributed by atoms with E-state index < -0.39 is 28.9 Å². The van der Waals surface area contributed by atoms with Gasteiger partial charge in [-0.15, -0.1) is 0 Å². The highest BCUT2D eigenvalue weighted by Crippen LogP contribution is 2.28. The number of nitrogens with zero attached hydrogens (tertiary/aromatic N) is 2. The smallest absolute Gasteiger partial charge is 0.433 e. The van der Waals surface area contributed by atoms with E-state index in [1.54, 1.807) is 0 Å². The largest absolute Gasteiger partial charge is 0.493 e. The Bertz CT molecular complexity index is 663. The summed E-state index contributed by atoms with van der Waals surface area (Å²) in [6, 6.07) is 1.43. The summed E-state index contributed by atoms with van der Waals surface area (Å²) in [6.45, 7) is 0. The third-order valence-corrected chi connectivity index (χ3v) is 2.25. The van der Waals surface area contributed by atoms with Crippen LogP contribution in [0.5, 0.6) is 5.75 Å².